The molecule has 4 heterocycles. The van der Waals surface area contributed by atoms with Crippen LogP contribution in [-0.4, -0.2) is 105 Å². The Labute approximate surface area is 385 Å². The molecule has 2 aromatic heterocycles. The lowest BCUT2D eigenvalue weighted by atomic mass is 9.79. The first-order valence-corrected chi connectivity index (χ1v) is 22.8. The standard InChI is InChI=1S/C49H53N8O8P/c1-32(2)57(33(3)4)66(63-28-14-27-50)65-42-41-46(56-31-53-40-43(51-30-52-44(40)56)54-45(58)34-15-10-8-11-16-34)64-48(42,47(59)55(41)5)29-62-49(35-17-12-9-13-18-35,36-19-23-38(60-6)24-20-36)37-21-25-39(61-7)26-22-37/h8-13,15-26,30-33,41-42,46H,14,28-29H2,1-7H3,(H,51,52,54,58)/t41-,42+,46-,48-,66?/m1/s1. The van der Waals surface area contributed by atoms with Crippen molar-refractivity contribution in [3.8, 4) is 17.6 Å². The summed E-state index contributed by atoms with van der Waals surface area (Å²) < 4.78 is 43.3. The lowest BCUT2D eigenvalue weighted by Crippen LogP contribution is -2.54. The Hall–Kier alpha value is -6.31. The van der Waals surface area contributed by atoms with Gasteiger partial charge < -0.3 is 38.2 Å². The van der Waals surface area contributed by atoms with Crippen LogP contribution in [-0.2, 0) is 28.9 Å². The molecule has 0 spiro atoms. The first-order chi connectivity index (χ1) is 32.0. The number of ether oxygens (including phenoxy) is 4. The van der Waals surface area contributed by atoms with Crippen LogP contribution in [0.15, 0.2) is 122 Å². The molecule has 1 N–H and O–H groups in total. The molecule has 0 radical (unpaired) electrons. The Balaban J connectivity index is 1.27. The molecule has 2 aliphatic heterocycles. The maximum Gasteiger partial charge on any atom is 0.260 e. The second-order valence-corrected chi connectivity index (χ2v) is 17.9. The topological polar surface area (TPSA) is 175 Å². The lowest BCUT2D eigenvalue weighted by Gasteiger charge is -2.41. The third-order valence-electron chi connectivity index (χ3n) is 12.0. The second-order valence-electron chi connectivity index (χ2n) is 16.5. The van der Waals surface area contributed by atoms with Crippen LogP contribution in [0.1, 0.15) is 67.4 Å². The molecule has 2 fully saturated rings. The summed E-state index contributed by atoms with van der Waals surface area (Å²) >= 11 is 0. The number of methoxy groups -OCH3 is 2. The van der Waals surface area contributed by atoms with Crippen molar-refractivity contribution in [3.63, 3.8) is 0 Å². The summed E-state index contributed by atoms with van der Waals surface area (Å²) in [5.41, 5.74) is 0.319. The highest BCUT2D eigenvalue weighted by Gasteiger charge is 2.71. The van der Waals surface area contributed by atoms with Gasteiger partial charge in [-0.3, -0.25) is 14.2 Å². The van der Waals surface area contributed by atoms with E-state index in [0.29, 0.717) is 28.2 Å². The number of hydrogen-bond acceptors (Lipinski definition) is 13. The zero-order chi connectivity index (χ0) is 46.6. The molecule has 2 amide bonds. The molecule has 16 nitrogen and oxygen atoms in total. The number of likely N-dealkylation sites (N-methyl/N-ethyl adjacent to an activating group) is 1. The SMILES string of the molecule is COc1ccc(C(OC[C@@]23O[C@@H](n4cnc5c(NC(=O)c6ccccc6)ncnc54)[C@@H]([C@@H]2OP(OCCC#N)N(C(C)C)C(C)C)N(C)C3=O)(c2ccccc2)c2ccc(OC)cc2)cc1. The van der Waals surface area contributed by atoms with Gasteiger partial charge in [0.05, 0.1) is 46.3 Å². The van der Waals surface area contributed by atoms with Crippen LogP contribution in [0, 0.1) is 11.3 Å². The highest BCUT2D eigenvalue weighted by molar-refractivity contribution is 7.44. The van der Waals surface area contributed by atoms with Gasteiger partial charge in [-0.25, -0.2) is 19.6 Å². The van der Waals surface area contributed by atoms with Crippen molar-refractivity contribution in [1.29, 1.82) is 5.26 Å². The van der Waals surface area contributed by atoms with Crippen LogP contribution < -0.4 is 14.8 Å². The average molecular weight is 913 g/mol. The summed E-state index contributed by atoms with van der Waals surface area (Å²) in [5.74, 6) is 0.794. The van der Waals surface area contributed by atoms with Crippen molar-refractivity contribution in [1.82, 2.24) is 29.1 Å². The molecular formula is C49H53N8O8P. The minimum Gasteiger partial charge on any atom is -0.497 e. The number of nitriles is 1. The second kappa shape index (κ2) is 19.7. The quantitative estimate of drug-likeness (QED) is 0.0473. The highest BCUT2D eigenvalue weighted by Crippen LogP contribution is 2.57. The van der Waals surface area contributed by atoms with Crippen LogP contribution in [0.2, 0.25) is 0 Å². The van der Waals surface area contributed by atoms with E-state index < -0.39 is 38.1 Å². The van der Waals surface area contributed by atoms with Gasteiger partial charge in [0, 0.05) is 24.7 Å². The molecule has 5 atom stereocenters. The number of carbonyl (C=O) groups is 2. The fourth-order valence-electron chi connectivity index (χ4n) is 8.90. The van der Waals surface area contributed by atoms with E-state index in [1.54, 1.807) is 61.3 Å². The molecule has 2 bridgehead atoms. The molecule has 0 saturated carbocycles. The zero-order valence-electron chi connectivity index (χ0n) is 37.9. The number of rotatable bonds is 19. The molecule has 2 aliphatic rings. The number of carbonyl (C=O) groups excluding carboxylic acids is 2. The number of likely N-dealkylation sites (tertiary alicyclic amines) is 1. The van der Waals surface area contributed by atoms with Gasteiger partial charge in [0.15, 0.2) is 23.2 Å². The zero-order valence-corrected chi connectivity index (χ0v) is 38.8. The van der Waals surface area contributed by atoms with Crippen LogP contribution >= 0.6 is 8.53 Å². The van der Waals surface area contributed by atoms with Crippen molar-refractivity contribution in [2.75, 3.05) is 39.8 Å². The first kappa shape index (κ1) is 46.2. The predicted molar refractivity (Wildman–Crippen MR) is 247 cm³/mol. The molecule has 8 rings (SSSR count). The largest absolute Gasteiger partial charge is 0.497 e. The normalized spacial score (nSPS) is 19.7. The minimum atomic E-state index is -1.90. The maximum atomic E-state index is 15.2. The van der Waals surface area contributed by atoms with Crippen LogP contribution in [0.25, 0.3) is 11.2 Å². The van der Waals surface area contributed by atoms with E-state index in [2.05, 4.69) is 53.7 Å². The van der Waals surface area contributed by atoms with Crippen molar-refractivity contribution >= 4 is 37.3 Å². The fraction of sp³-hybridized carbons (Fsp3) is 0.347. The number of hydrogen-bond donors (Lipinski definition) is 1. The number of nitrogens with zero attached hydrogens (tertiary/aromatic N) is 7. The van der Waals surface area contributed by atoms with Gasteiger partial charge in [-0.1, -0.05) is 72.8 Å². The Morgan fingerprint density at radius 1 is 0.879 bits per heavy atom. The number of fused-ring (bicyclic) bond motifs is 3. The Kier molecular flexibility index (Phi) is 13.8. The number of morpholine rings is 1. The predicted octanol–water partition coefficient (Wildman–Crippen LogP) is 7.87. The Morgan fingerprint density at radius 2 is 1.47 bits per heavy atom. The molecular weight excluding hydrogens is 860 g/mol. The number of imidazole rings is 1. The van der Waals surface area contributed by atoms with Crippen LogP contribution in [0.5, 0.6) is 11.5 Å². The van der Waals surface area contributed by atoms with E-state index in [9.17, 15) is 10.1 Å². The maximum absolute atomic E-state index is 15.2. The van der Waals surface area contributed by atoms with Gasteiger partial charge in [-0.2, -0.15) is 5.26 Å². The third kappa shape index (κ3) is 8.50. The number of anilines is 1. The van der Waals surface area contributed by atoms with E-state index in [4.69, 9.17) is 33.0 Å². The smallest absolute Gasteiger partial charge is 0.260 e. The first-order valence-electron chi connectivity index (χ1n) is 21.7. The van der Waals surface area contributed by atoms with E-state index in [-0.39, 0.29) is 49.4 Å². The minimum absolute atomic E-state index is 0.0377. The number of benzene rings is 4. The molecule has 4 aromatic carbocycles. The average Bonchev–Trinajstić information content (AvgIpc) is 3.97. The molecule has 0 aliphatic carbocycles. The van der Waals surface area contributed by atoms with Gasteiger partial charge in [0.25, 0.3) is 20.3 Å². The summed E-state index contributed by atoms with van der Waals surface area (Å²) in [7, 11) is 3.05. The monoisotopic (exact) mass is 912 g/mol. The third-order valence-corrected chi connectivity index (χ3v) is 14.1. The van der Waals surface area contributed by atoms with Gasteiger partial charge in [0.1, 0.15) is 35.6 Å². The summed E-state index contributed by atoms with van der Waals surface area (Å²) in [4.78, 5) is 43.8. The summed E-state index contributed by atoms with van der Waals surface area (Å²) in [6.45, 7) is 8.01. The van der Waals surface area contributed by atoms with Crippen molar-refractivity contribution in [2.45, 2.75) is 75.8 Å². The molecule has 17 heteroatoms. The van der Waals surface area contributed by atoms with Crippen LogP contribution in [0.3, 0.4) is 0 Å². The molecule has 1 unspecified atom stereocenters. The Morgan fingerprint density at radius 3 is 2.05 bits per heavy atom. The number of nitrogens with one attached hydrogen (secondary N) is 1. The van der Waals surface area contributed by atoms with Gasteiger partial charge >= 0.3 is 0 Å². The van der Waals surface area contributed by atoms with Crippen molar-refractivity contribution < 1.29 is 37.6 Å². The summed E-state index contributed by atoms with van der Waals surface area (Å²) in [6, 6.07) is 35.2. The van der Waals surface area contributed by atoms with E-state index in [1.807, 2.05) is 84.9 Å². The summed E-state index contributed by atoms with van der Waals surface area (Å²) in [5, 5.41) is 12.4. The number of amides is 2. The molecule has 6 aromatic rings. The van der Waals surface area contributed by atoms with Crippen molar-refractivity contribution in [2.24, 2.45) is 0 Å². The van der Waals surface area contributed by atoms with Crippen molar-refractivity contribution in [3.05, 3.63) is 144 Å². The van der Waals surface area contributed by atoms with Gasteiger partial charge in [-0.05, 0) is 80.8 Å². The lowest BCUT2D eigenvalue weighted by molar-refractivity contribution is -0.191. The van der Waals surface area contributed by atoms with Gasteiger partial charge in [0.2, 0.25) is 5.60 Å². The number of aromatic nitrogens is 4. The summed E-state index contributed by atoms with van der Waals surface area (Å²) in [6.07, 6.45) is 1.13. The van der Waals surface area contributed by atoms with Gasteiger partial charge in [-0.15, -0.1) is 0 Å². The van der Waals surface area contributed by atoms with E-state index >= 15 is 4.79 Å². The van der Waals surface area contributed by atoms with E-state index in [0.717, 1.165) is 16.7 Å². The molecule has 2 saturated heterocycles. The molecule has 342 valence electrons. The molecule has 66 heavy (non-hydrogen) atoms. The fourth-order valence-corrected chi connectivity index (χ4v) is 10.7. The highest BCUT2D eigenvalue weighted by atomic mass is 31.2. The van der Waals surface area contributed by atoms with Crippen LogP contribution in [0.4, 0.5) is 5.82 Å². The Bertz CT molecular complexity index is 2610. The van der Waals surface area contributed by atoms with E-state index in [1.165, 1.54) is 6.33 Å².